The summed E-state index contributed by atoms with van der Waals surface area (Å²) >= 11 is 1.64. The minimum atomic E-state index is -0.0747. The number of aliphatic hydroxyl groups is 1. The first-order valence-electron chi connectivity index (χ1n) is 6.94. The molecule has 1 aromatic heterocycles. The summed E-state index contributed by atoms with van der Waals surface area (Å²) in [6.45, 7) is 2.84. The molecule has 1 aliphatic carbocycles. The van der Waals surface area contributed by atoms with Gasteiger partial charge in [0.25, 0.3) is 0 Å². The first-order chi connectivity index (χ1) is 9.26. The highest BCUT2D eigenvalue weighted by molar-refractivity contribution is 7.99. The maximum Gasteiger partial charge on any atom is 0.191 e. The van der Waals surface area contributed by atoms with E-state index >= 15 is 0 Å². The van der Waals surface area contributed by atoms with Gasteiger partial charge in [0.05, 0.1) is 0 Å². The highest BCUT2D eigenvalue weighted by Gasteiger charge is 2.24. The fourth-order valence-electron chi connectivity index (χ4n) is 2.48. The zero-order chi connectivity index (χ0) is 13.7. The topological polar surface area (TPSA) is 68.0 Å². The lowest BCUT2D eigenvalue weighted by Gasteiger charge is -2.09. The summed E-state index contributed by atoms with van der Waals surface area (Å²) in [5, 5.41) is 18.2. The highest BCUT2D eigenvalue weighted by atomic mass is 32.2. The molecular formula is C13H21N3O2S. The average molecular weight is 283 g/mol. The van der Waals surface area contributed by atoms with Crippen molar-refractivity contribution >= 4 is 17.5 Å². The molecule has 1 atom stereocenters. The Balaban J connectivity index is 1.88. The average Bonchev–Trinajstić information content (AvgIpc) is 2.98. The molecule has 0 bridgehead atoms. The van der Waals surface area contributed by atoms with Crippen molar-refractivity contribution in [2.24, 2.45) is 5.92 Å². The van der Waals surface area contributed by atoms with Gasteiger partial charge in [-0.05, 0) is 25.7 Å². The number of Topliss-reactive ketones (excluding diaryl/α,β-unsaturated/α-hetero) is 1. The van der Waals surface area contributed by atoms with Gasteiger partial charge in [0, 0.05) is 24.6 Å². The smallest absolute Gasteiger partial charge is 0.191 e. The number of thioether (sulfide) groups is 1. The Labute approximate surface area is 117 Å². The second kappa shape index (κ2) is 7.05. The van der Waals surface area contributed by atoms with Crippen LogP contribution in [0.2, 0.25) is 0 Å². The van der Waals surface area contributed by atoms with E-state index in [1.165, 1.54) is 0 Å². The Morgan fingerprint density at radius 3 is 2.95 bits per heavy atom. The summed E-state index contributed by atoms with van der Waals surface area (Å²) in [6, 6.07) is 0. The third-order valence-electron chi connectivity index (χ3n) is 3.51. The molecule has 0 saturated heterocycles. The van der Waals surface area contributed by atoms with E-state index in [1.54, 1.807) is 11.8 Å². The van der Waals surface area contributed by atoms with Gasteiger partial charge < -0.3 is 9.67 Å². The molecule has 5 nitrogen and oxygen atoms in total. The van der Waals surface area contributed by atoms with Crippen LogP contribution in [0.5, 0.6) is 0 Å². The van der Waals surface area contributed by atoms with E-state index in [0.29, 0.717) is 11.6 Å². The van der Waals surface area contributed by atoms with Gasteiger partial charge in [-0.2, -0.15) is 0 Å². The normalized spacial score (nSPS) is 19.3. The van der Waals surface area contributed by atoms with Gasteiger partial charge in [0.2, 0.25) is 0 Å². The molecule has 1 unspecified atom stereocenters. The molecule has 1 aromatic rings. The first kappa shape index (κ1) is 14.5. The standard InChI is InChI=1S/C13H21N3O2S/c1-2-7-16-12(9-17)14-15-13(16)19-8-6-10-4-3-5-11(10)18/h10,17H,2-9H2,1H3. The molecule has 0 amide bonds. The molecular weight excluding hydrogens is 262 g/mol. The van der Waals surface area contributed by atoms with Crippen LogP contribution in [-0.4, -0.2) is 31.4 Å². The minimum Gasteiger partial charge on any atom is -0.388 e. The van der Waals surface area contributed by atoms with E-state index < -0.39 is 0 Å². The van der Waals surface area contributed by atoms with Crippen LogP contribution in [0.3, 0.4) is 0 Å². The second-order valence-electron chi connectivity index (χ2n) is 4.90. The molecule has 0 aromatic carbocycles. The quantitative estimate of drug-likeness (QED) is 0.776. The molecule has 1 N–H and O–H groups in total. The van der Waals surface area contributed by atoms with Crippen LogP contribution in [-0.2, 0) is 17.9 Å². The Morgan fingerprint density at radius 2 is 2.32 bits per heavy atom. The summed E-state index contributed by atoms with van der Waals surface area (Å²) in [6.07, 6.45) is 4.77. The maximum atomic E-state index is 11.6. The number of carbonyl (C=O) groups excluding carboxylic acids is 1. The lowest BCUT2D eigenvalue weighted by molar-refractivity contribution is -0.120. The molecule has 6 heteroatoms. The van der Waals surface area contributed by atoms with Crippen LogP contribution in [0.4, 0.5) is 0 Å². The van der Waals surface area contributed by atoms with Gasteiger partial charge in [-0.1, -0.05) is 18.7 Å². The van der Waals surface area contributed by atoms with Crippen LogP contribution < -0.4 is 0 Å². The van der Waals surface area contributed by atoms with Crippen molar-refractivity contribution in [1.82, 2.24) is 14.8 Å². The summed E-state index contributed by atoms with van der Waals surface area (Å²) in [5.41, 5.74) is 0. The number of nitrogens with zero attached hydrogens (tertiary/aromatic N) is 3. The lowest BCUT2D eigenvalue weighted by Crippen LogP contribution is -2.08. The highest BCUT2D eigenvalue weighted by Crippen LogP contribution is 2.27. The van der Waals surface area contributed by atoms with Crippen molar-refractivity contribution in [3.8, 4) is 0 Å². The van der Waals surface area contributed by atoms with Gasteiger partial charge in [-0.15, -0.1) is 10.2 Å². The fourth-order valence-corrected chi connectivity index (χ4v) is 3.51. The van der Waals surface area contributed by atoms with Crippen molar-refractivity contribution in [3.05, 3.63) is 5.82 Å². The zero-order valence-corrected chi connectivity index (χ0v) is 12.2. The molecule has 1 aliphatic rings. The van der Waals surface area contributed by atoms with Crippen LogP contribution in [0.15, 0.2) is 5.16 Å². The van der Waals surface area contributed by atoms with E-state index in [1.807, 2.05) is 4.57 Å². The third-order valence-corrected chi connectivity index (χ3v) is 4.51. The van der Waals surface area contributed by atoms with Crippen molar-refractivity contribution in [2.75, 3.05) is 5.75 Å². The SMILES string of the molecule is CCCn1c(CO)nnc1SCCC1CCCC1=O. The Bertz CT molecular complexity index is 434. The molecule has 0 radical (unpaired) electrons. The summed E-state index contributed by atoms with van der Waals surface area (Å²) in [7, 11) is 0. The largest absolute Gasteiger partial charge is 0.388 e. The van der Waals surface area contributed by atoms with Crippen molar-refractivity contribution in [1.29, 1.82) is 0 Å². The number of hydrogen-bond acceptors (Lipinski definition) is 5. The van der Waals surface area contributed by atoms with E-state index in [0.717, 1.165) is 49.6 Å². The predicted octanol–water partition coefficient (Wildman–Crippen LogP) is 2.03. The van der Waals surface area contributed by atoms with Crippen molar-refractivity contribution in [3.63, 3.8) is 0 Å². The number of aliphatic hydroxyl groups excluding tert-OH is 1. The number of hydrogen-bond donors (Lipinski definition) is 1. The number of carbonyl (C=O) groups is 1. The number of rotatable bonds is 7. The fraction of sp³-hybridized carbons (Fsp3) is 0.769. The van der Waals surface area contributed by atoms with Crippen LogP contribution >= 0.6 is 11.8 Å². The molecule has 1 heterocycles. The van der Waals surface area contributed by atoms with Crippen LogP contribution in [0, 0.1) is 5.92 Å². The van der Waals surface area contributed by atoms with Crippen LogP contribution in [0.25, 0.3) is 0 Å². The summed E-state index contributed by atoms with van der Waals surface area (Å²) in [5.74, 6) is 2.20. The monoisotopic (exact) mass is 283 g/mol. The predicted molar refractivity (Wildman–Crippen MR) is 73.9 cm³/mol. The Morgan fingerprint density at radius 1 is 1.47 bits per heavy atom. The molecule has 0 aliphatic heterocycles. The maximum absolute atomic E-state index is 11.6. The van der Waals surface area contributed by atoms with Gasteiger partial charge in [0.1, 0.15) is 12.4 Å². The zero-order valence-electron chi connectivity index (χ0n) is 11.3. The lowest BCUT2D eigenvalue weighted by atomic mass is 10.1. The van der Waals surface area contributed by atoms with Gasteiger partial charge >= 0.3 is 0 Å². The van der Waals surface area contributed by atoms with E-state index in [9.17, 15) is 9.90 Å². The third kappa shape index (κ3) is 3.57. The molecule has 2 rings (SSSR count). The second-order valence-corrected chi connectivity index (χ2v) is 5.96. The van der Waals surface area contributed by atoms with Gasteiger partial charge in [0.15, 0.2) is 11.0 Å². The minimum absolute atomic E-state index is 0.0747. The Hall–Kier alpha value is -0.880. The summed E-state index contributed by atoms with van der Waals surface area (Å²) in [4.78, 5) is 11.6. The van der Waals surface area contributed by atoms with E-state index in [2.05, 4.69) is 17.1 Å². The van der Waals surface area contributed by atoms with Gasteiger partial charge in [-0.25, -0.2) is 0 Å². The molecule has 19 heavy (non-hydrogen) atoms. The number of ketones is 1. The molecule has 1 fully saturated rings. The van der Waals surface area contributed by atoms with Crippen molar-refractivity contribution < 1.29 is 9.90 Å². The molecule has 0 spiro atoms. The Kier molecular flexibility index (Phi) is 5.39. The van der Waals surface area contributed by atoms with E-state index in [-0.39, 0.29) is 12.5 Å². The van der Waals surface area contributed by atoms with Gasteiger partial charge in [-0.3, -0.25) is 4.79 Å². The molecule has 106 valence electrons. The number of aromatic nitrogens is 3. The van der Waals surface area contributed by atoms with Crippen molar-refractivity contribution in [2.45, 2.75) is 57.3 Å². The van der Waals surface area contributed by atoms with E-state index in [4.69, 9.17) is 0 Å². The summed E-state index contributed by atoms with van der Waals surface area (Å²) < 4.78 is 1.97. The first-order valence-corrected chi connectivity index (χ1v) is 7.93. The molecule has 1 saturated carbocycles. The van der Waals surface area contributed by atoms with Crippen LogP contribution in [0.1, 0.15) is 44.9 Å².